The number of hydrogen-bond acceptors (Lipinski definition) is 0. The van der Waals surface area contributed by atoms with E-state index in [1.807, 2.05) is 0 Å². The molecule has 1 radical (unpaired) electrons. The van der Waals surface area contributed by atoms with Gasteiger partial charge in [-0.2, -0.15) is 0 Å². The highest BCUT2D eigenvalue weighted by molar-refractivity contribution is 5.08. The van der Waals surface area contributed by atoms with Crippen molar-refractivity contribution in [3.05, 3.63) is 11.6 Å². The van der Waals surface area contributed by atoms with Gasteiger partial charge in [-0.3, -0.25) is 0 Å². The van der Waals surface area contributed by atoms with Crippen molar-refractivity contribution in [2.75, 3.05) is 0 Å². The quantitative estimate of drug-likeness (QED) is 0.480. The Morgan fingerprint density at radius 2 is 1.90 bits per heavy atom. The van der Waals surface area contributed by atoms with Crippen molar-refractivity contribution >= 4 is 0 Å². The van der Waals surface area contributed by atoms with Crippen LogP contribution >= 0.6 is 0 Å². The molecule has 0 N–H and O–H groups in total. The first-order valence-electron chi connectivity index (χ1n) is 4.21. The fraction of sp³-hybridized carbons (Fsp3) is 0.800. The first-order chi connectivity index (χ1) is 4.61. The van der Waals surface area contributed by atoms with E-state index in [1.54, 1.807) is 5.57 Å². The average Bonchev–Trinajstić information content (AvgIpc) is 1.88. The predicted octanol–water partition coefficient (Wildman–Crippen LogP) is 3.34. The van der Waals surface area contributed by atoms with E-state index in [2.05, 4.69) is 26.8 Å². The Kier molecular flexibility index (Phi) is 2.18. The number of allylic oxidation sites excluding steroid dienone is 2. The maximum absolute atomic E-state index is 3.48. The molecule has 0 fully saturated rings. The van der Waals surface area contributed by atoms with Crippen molar-refractivity contribution in [2.24, 2.45) is 5.41 Å². The van der Waals surface area contributed by atoms with E-state index >= 15 is 0 Å². The SMILES string of the molecule is CC(C)(C)C1=[C]CCCC1. The maximum Gasteiger partial charge on any atom is -0.0167 e. The molecule has 0 aromatic rings. The third kappa shape index (κ3) is 1.86. The molecule has 0 amide bonds. The van der Waals surface area contributed by atoms with Gasteiger partial charge in [-0.05, 0) is 37.2 Å². The third-order valence-electron chi connectivity index (χ3n) is 2.10. The molecule has 0 nitrogen and oxygen atoms in total. The van der Waals surface area contributed by atoms with Gasteiger partial charge in [-0.25, -0.2) is 0 Å². The summed E-state index contributed by atoms with van der Waals surface area (Å²) in [5.74, 6) is 0. The van der Waals surface area contributed by atoms with Gasteiger partial charge < -0.3 is 0 Å². The van der Waals surface area contributed by atoms with E-state index in [9.17, 15) is 0 Å². The summed E-state index contributed by atoms with van der Waals surface area (Å²) in [7, 11) is 0. The van der Waals surface area contributed by atoms with Crippen LogP contribution in [-0.4, -0.2) is 0 Å². The Bertz CT molecular complexity index is 135. The minimum Gasteiger partial charge on any atom is -0.0614 e. The maximum atomic E-state index is 3.48. The lowest BCUT2D eigenvalue weighted by Crippen LogP contribution is -2.11. The van der Waals surface area contributed by atoms with Gasteiger partial charge in [0.1, 0.15) is 0 Å². The molecule has 0 saturated heterocycles. The molecule has 0 atom stereocenters. The van der Waals surface area contributed by atoms with Gasteiger partial charge in [0, 0.05) is 0 Å². The Hall–Kier alpha value is -0.260. The van der Waals surface area contributed by atoms with Crippen molar-refractivity contribution in [2.45, 2.75) is 46.5 Å². The van der Waals surface area contributed by atoms with Crippen LogP contribution in [0.5, 0.6) is 0 Å². The van der Waals surface area contributed by atoms with Crippen molar-refractivity contribution in [1.82, 2.24) is 0 Å². The van der Waals surface area contributed by atoms with Crippen LogP contribution in [-0.2, 0) is 0 Å². The van der Waals surface area contributed by atoms with E-state index in [-0.39, 0.29) is 0 Å². The van der Waals surface area contributed by atoms with E-state index in [0.717, 1.165) is 0 Å². The zero-order valence-corrected chi connectivity index (χ0v) is 7.33. The Morgan fingerprint density at radius 1 is 1.20 bits per heavy atom. The smallest absolute Gasteiger partial charge is 0.0167 e. The van der Waals surface area contributed by atoms with E-state index in [1.165, 1.54) is 25.7 Å². The van der Waals surface area contributed by atoms with Crippen LogP contribution in [0.15, 0.2) is 5.57 Å². The summed E-state index contributed by atoms with van der Waals surface area (Å²) >= 11 is 0. The predicted molar refractivity (Wildman–Crippen MR) is 44.7 cm³/mol. The fourth-order valence-corrected chi connectivity index (χ4v) is 1.39. The topological polar surface area (TPSA) is 0 Å². The molecule has 1 aliphatic carbocycles. The lowest BCUT2D eigenvalue weighted by molar-refractivity contribution is 0.455. The first kappa shape index (κ1) is 7.84. The lowest BCUT2D eigenvalue weighted by Gasteiger charge is -2.25. The van der Waals surface area contributed by atoms with Crippen LogP contribution in [0.3, 0.4) is 0 Å². The highest BCUT2D eigenvalue weighted by Gasteiger charge is 2.17. The van der Waals surface area contributed by atoms with Crippen LogP contribution in [0, 0.1) is 11.5 Å². The van der Waals surface area contributed by atoms with Gasteiger partial charge in [-0.1, -0.05) is 26.3 Å². The summed E-state index contributed by atoms with van der Waals surface area (Å²) in [6.07, 6.45) is 8.67. The molecule has 10 heavy (non-hydrogen) atoms. The average molecular weight is 137 g/mol. The minimum atomic E-state index is 0.375. The summed E-state index contributed by atoms with van der Waals surface area (Å²) < 4.78 is 0. The second-order valence-electron chi connectivity index (χ2n) is 4.11. The summed E-state index contributed by atoms with van der Waals surface area (Å²) in [6, 6.07) is 0. The summed E-state index contributed by atoms with van der Waals surface area (Å²) in [5, 5.41) is 0. The van der Waals surface area contributed by atoms with Crippen LogP contribution in [0.25, 0.3) is 0 Å². The van der Waals surface area contributed by atoms with E-state index in [0.29, 0.717) is 5.41 Å². The van der Waals surface area contributed by atoms with Crippen molar-refractivity contribution in [3.63, 3.8) is 0 Å². The molecule has 0 heteroatoms. The molecule has 0 spiro atoms. The normalized spacial score (nSPS) is 20.5. The molecule has 0 aromatic heterocycles. The van der Waals surface area contributed by atoms with Gasteiger partial charge in [-0.15, -0.1) is 0 Å². The van der Waals surface area contributed by atoms with Crippen LogP contribution in [0.2, 0.25) is 0 Å². The van der Waals surface area contributed by atoms with E-state index in [4.69, 9.17) is 0 Å². The first-order valence-corrected chi connectivity index (χ1v) is 4.21. The van der Waals surface area contributed by atoms with Gasteiger partial charge in [0.05, 0.1) is 0 Å². The Morgan fingerprint density at radius 3 is 2.20 bits per heavy atom. The van der Waals surface area contributed by atoms with Crippen molar-refractivity contribution < 1.29 is 0 Å². The van der Waals surface area contributed by atoms with Crippen LogP contribution in [0.1, 0.15) is 46.5 Å². The minimum absolute atomic E-state index is 0.375. The highest BCUT2D eigenvalue weighted by Crippen LogP contribution is 2.32. The summed E-state index contributed by atoms with van der Waals surface area (Å²) in [5.41, 5.74) is 1.92. The highest BCUT2D eigenvalue weighted by atomic mass is 14.2. The van der Waals surface area contributed by atoms with Gasteiger partial charge >= 0.3 is 0 Å². The second-order valence-corrected chi connectivity index (χ2v) is 4.11. The molecular formula is C10H17. The lowest BCUT2D eigenvalue weighted by atomic mass is 9.80. The largest absolute Gasteiger partial charge is 0.0614 e. The molecule has 0 aliphatic heterocycles. The zero-order chi connectivity index (χ0) is 7.61. The summed E-state index contributed by atoms with van der Waals surface area (Å²) in [4.78, 5) is 0. The fourth-order valence-electron chi connectivity index (χ4n) is 1.39. The third-order valence-corrected chi connectivity index (χ3v) is 2.10. The number of rotatable bonds is 0. The Balaban J connectivity index is 2.62. The molecule has 0 bridgehead atoms. The second kappa shape index (κ2) is 2.77. The van der Waals surface area contributed by atoms with Gasteiger partial charge in [0.2, 0.25) is 0 Å². The molecule has 57 valence electrons. The molecule has 0 unspecified atom stereocenters. The number of hydrogen-bond donors (Lipinski definition) is 0. The van der Waals surface area contributed by atoms with Crippen molar-refractivity contribution in [3.8, 4) is 0 Å². The molecule has 0 heterocycles. The molecule has 1 rings (SSSR count). The molecule has 1 aliphatic rings. The zero-order valence-electron chi connectivity index (χ0n) is 7.33. The Labute approximate surface area is 64.3 Å². The van der Waals surface area contributed by atoms with E-state index < -0.39 is 0 Å². The van der Waals surface area contributed by atoms with Crippen molar-refractivity contribution in [1.29, 1.82) is 0 Å². The summed E-state index contributed by atoms with van der Waals surface area (Å²) in [6.45, 7) is 6.84. The van der Waals surface area contributed by atoms with Gasteiger partial charge in [0.15, 0.2) is 0 Å². The molecule has 0 saturated carbocycles. The van der Waals surface area contributed by atoms with Gasteiger partial charge in [0.25, 0.3) is 0 Å². The molecular weight excluding hydrogens is 120 g/mol. The standard InChI is InChI=1S/C10H17/c1-10(2,3)9-7-5-4-6-8-9/h4-7H2,1-3H3. The van der Waals surface area contributed by atoms with Crippen LogP contribution in [0.4, 0.5) is 0 Å². The van der Waals surface area contributed by atoms with Crippen LogP contribution < -0.4 is 0 Å². The molecule has 0 aromatic carbocycles. The monoisotopic (exact) mass is 137 g/mol.